The third-order valence-electron chi connectivity index (χ3n) is 2.62. The summed E-state index contributed by atoms with van der Waals surface area (Å²) in [4.78, 5) is 13.8. The van der Waals surface area contributed by atoms with Gasteiger partial charge in [0.1, 0.15) is 5.70 Å². The van der Waals surface area contributed by atoms with Gasteiger partial charge in [-0.1, -0.05) is 40.2 Å². The second-order valence-corrected chi connectivity index (χ2v) is 4.28. The monoisotopic (exact) mass is 241 g/mol. The molecule has 0 saturated carbocycles. The van der Waals surface area contributed by atoms with Crippen molar-refractivity contribution in [3.63, 3.8) is 0 Å². The first-order chi connectivity index (χ1) is 8.17. The minimum Gasteiger partial charge on any atom is -0.461 e. The van der Waals surface area contributed by atoms with Gasteiger partial charge in [-0.15, -0.1) is 0 Å². The SMILES string of the molecule is C=C(C(=O)OCCC)N(CCCC)CCCC. The highest BCUT2D eigenvalue weighted by atomic mass is 16.5. The van der Waals surface area contributed by atoms with E-state index in [-0.39, 0.29) is 5.97 Å². The summed E-state index contributed by atoms with van der Waals surface area (Å²) in [5, 5.41) is 0. The predicted molar refractivity (Wildman–Crippen MR) is 71.8 cm³/mol. The summed E-state index contributed by atoms with van der Waals surface area (Å²) in [5.74, 6) is -0.265. The summed E-state index contributed by atoms with van der Waals surface area (Å²) in [6.45, 7) is 12.4. The molecule has 0 fully saturated rings. The van der Waals surface area contributed by atoms with Gasteiger partial charge in [-0.2, -0.15) is 0 Å². The maximum Gasteiger partial charge on any atom is 0.353 e. The predicted octanol–water partition coefficient (Wildman–Crippen LogP) is 3.36. The summed E-state index contributed by atoms with van der Waals surface area (Å²) in [7, 11) is 0. The highest BCUT2D eigenvalue weighted by Gasteiger charge is 2.15. The van der Waals surface area contributed by atoms with Gasteiger partial charge in [-0.05, 0) is 19.3 Å². The maximum absolute atomic E-state index is 11.7. The van der Waals surface area contributed by atoms with Crippen molar-refractivity contribution < 1.29 is 9.53 Å². The van der Waals surface area contributed by atoms with Crippen molar-refractivity contribution >= 4 is 5.97 Å². The molecule has 0 amide bonds. The average Bonchev–Trinajstić information content (AvgIpc) is 2.35. The molecule has 0 aromatic heterocycles. The topological polar surface area (TPSA) is 29.5 Å². The number of unbranched alkanes of at least 4 members (excludes halogenated alkanes) is 2. The Balaban J connectivity index is 4.23. The van der Waals surface area contributed by atoms with Crippen LogP contribution in [-0.4, -0.2) is 30.6 Å². The maximum atomic E-state index is 11.7. The highest BCUT2D eigenvalue weighted by Crippen LogP contribution is 2.08. The molecule has 0 radical (unpaired) electrons. The van der Waals surface area contributed by atoms with Gasteiger partial charge in [-0.3, -0.25) is 0 Å². The largest absolute Gasteiger partial charge is 0.461 e. The second-order valence-electron chi connectivity index (χ2n) is 4.28. The molecule has 3 nitrogen and oxygen atoms in total. The fourth-order valence-electron chi connectivity index (χ4n) is 1.49. The van der Waals surface area contributed by atoms with Crippen molar-refractivity contribution in [1.82, 2.24) is 4.90 Å². The molecule has 0 aromatic rings. The van der Waals surface area contributed by atoms with Crippen LogP contribution < -0.4 is 0 Å². The zero-order chi connectivity index (χ0) is 13.1. The summed E-state index contributed by atoms with van der Waals surface area (Å²) in [5.41, 5.74) is 0.514. The minimum atomic E-state index is -0.265. The molecular formula is C14H27NO2. The minimum absolute atomic E-state index is 0.265. The van der Waals surface area contributed by atoms with Crippen LogP contribution in [0.25, 0.3) is 0 Å². The van der Waals surface area contributed by atoms with Crippen LogP contribution in [0.2, 0.25) is 0 Å². The molecule has 0 aliphatic carbocycles. The number of carbonyl (C=O) groups is 1. The number of hydrogen-bond acceptors (Lipinski definition) is 3. The fraction of sp³-hybridized carbons (Fsp3) is 0.786. The normalized spacial score (nSPS) is 10.1. The third-order valence-corrected chi connectivity index (χ3v) is 2.62. The summed E-state index contributed by atoms with van der Waals surface area (Å²) < 4.78 is 5.11. The molecule has 0 atom stereocenters. The van der Waals surface area contributed by atoms with E-state index >= 15 is 0 Å². The molecule has 0 saturated heterocycles. The average molecular weight is 241 g/mol. The Bertz CT molecular complexity index is 218. The second kappa shape index (κ2) is 10.2. The Morgan fingerprint density at radius 2 is 1.59 bits per heavy atom. The van der Waals surface area contributed by atoms with Crippen molar-refractivity contribution in [2.24, 2.45) is 0 Å². The van der Waals surface area contributed by atoms with Gasteiger partial charge < -0.3 is 9.64 Å². The van der Waals surface area contributed by atoms with Gasteiger partial charge >= 0.3 is 5.97 Å². The van der Waals surface area contributed by atoms with E-state index in [0.717, 1.165) is 45.2 Å². The molecule has 0 aliphatic rings. The van der Waals surface area contributed by atoms with Gasteiger partial charge in [0.15, 0.2) is 0 Å². The van der Waals surface area contributed by atoms with Crippen molar-refractivity contribution in [1.29, 1.82) is 0 Å². The van der Waals surface area contributed by atoms with Crippen LogP contribution in [0.3, 0.4) is 0 Å². The Morgan fingerprint density at radius 1 is 1.06 bits per heavy atom. The Morgan fingerprint density at radius 3 is 2.00 bits per heavy atom. The van der Waals surface area contributed by atoms with Crippen LogP contribution in [-0.2, 0) is 9.53 Å². The molecule has 0 heterocycles. The van der Waals surface area contributed by atoms with Crippen LogP contribution in [0.5, 0.6) is 0 Å². The fourth-order valence-corrected chi connectivity index (χ4v) is 1.49. The lowest BCUT2D eigenvalue weighted by Crippen LogP contribution is -2.30. The standard InChI is InChI=1S/C14H27NO2/c1-5-8-10-15(11-9-6-2)13(4)14(16)17-12-7-3/h4-12H2,1-3H3. The van der Waals surface area contributed by atoms with Gasteiger partial charge in [-0.25, -0.2) is 4.79 Å². The highest BCUT2D eigenvalue weighted by molar-refractivity contribution is 5.87. The van der Waals surface area contributed by atoms with Gasteiger partial charge in [0.05, 0.1) is 6.61 Å². The van der Waals surface area contributed by atoms with Crippen LogP contribution in [0.1, 0.15) is 52.9 Å². The number of esters is 1. The van der Waals surface area contributed by atoms with E-state index < -0.39 is 0 Å². The van der Waals surface area contributed by atoms with Crippen molar-refractivity contribution in [2.45, 2.75) is 52.9 Å². The van der Waals surface area contributed by atoms with E-state index in [9.17, 15) is 4.79 Å². The molecule has 3 heteroatoms. The van der Waals surface area contributed by atoms with Gasteiger partial charge in [0, 0.05) is 13.1 Å². The van der Waals surface area contributed by atoms with Crippen LogP contribution >= 0.6 is 0 Å². The third kappa shape index (κ3) is 7.03. The number of ether oxygens (including phenoxy) is 1. The molecule has 100 valence electrons. The van der Waals surface area contributed by atoms with Gasteiger partial charge in [0.2, 0.25) is 0 Å². The summed E-state index contributed by atoms with van der Waals surface area (Å²) in [6, 6.07) is 0. The van der Waals surface area contributed by atoms with E-state index in [0.29, 0.717) is 12.3 Å². The summed E-state index contributed by atoms with van der Waals surface area (Å²) in [6.07, 6.45) is 5.27. The first-order valence-corrected chi connectivity index (χ1v) is 6.78. The zero-order valence-corrected chi connectivity index (χ0v) is 11.6. The molecule has 0 aliphatic heterocycles. The lowest BCUT2D eigenvalue weighted by atomic mass is 10.2. The molecule has 17 heavy (non-hydrogen) atoms. The number of rotatable bonds is 10. The van der Waals surface area contributed by atoms with Crippen molar-refractivity contribution in [3.05, 3.63) is 12.3 Å². The van der Waals surface area contributed by atoms with E-state index in [4.69, 9.17) is 4.74 Å². The van der Waals surface area contributed by atoms with Crippen LogP contribution in [0.4, 0.5) is 0 Å². The lowest BCUT2D eigenvalue weighted by molar-refractivity contribution is -0.140. The van der Waals surface area contributed by atoms with E-state index in [1.54, 1.807) is 0 Å². The molecule has 0 bridgehead atoms. The first kappa shape index (κ1) is 16.0. The number of hydrogen-bond donors (Lipinski definition) is 0. The Hall–Kier alpha value is -0.990. The number of nitrogens with zero attached hydrogens (tertiary/aromatic N) is 1. The molecule has 0 N–H and O–H groups in total. The zero-order valence-electron chi connectivity index (χ0n) is 11.6. The van der Waals surface area contributed by atoms with E-state index in [2.05, 4.69) is 25.3 Å². The Labute approximate surface area is 106 Å². The molecule has 0 unspecified atom stereocenters. The summed E-state index contributed by atoms with van der Waals surface area (Å²) >= 11 is 0. The lowest BCUT2D eigenvalue weighted by Gasteiger charge is -2.25. The van der Waals surface area contributed by atoms with Crippen LogP contribution in [0.15, 0.2) is 12.3 Å². The van der Waals surface area contributed by atoms with Crippen molar-refractivity contribution in [3.8, 4) is 0 Å². The van der Waals surface area contributed by atoms with E-state index in [1.807, 2.05) is 6.92 Å². The molecule has 0 spiro atoms. The molecule has 0 rings (SSSR count). The van der Waals surface area contributed by atoms with E-state index in [1.165, 1.54) is 0 Å². The smallest absolute Gasteiger partial charge is 0.353 e. The Kier molecular flexibility index (Phi) is 9.59. The van der Waals surface area contributed by atoms with Gasteiger partial charge in [0.25, 0.3) is 0 Å². The first-order valence-electron chi connectivity index (χ1n) is 6.78. The quantitative estimate of drug-likeness (QED) is 0.434. The number of carbonyl (C=O) groups excluding carboxylic acids is 1. The van der Waals surface area contributed by atoms with Crippen LogP contribution in [0, 0.1) is 0 Å². The molecule has 0 aromatic carbocycles. The molecular weight excluding hydrogens is 214 g/mol. The van der Waals surface area contributed by atoms with Crippen molar-refractivity contribution in [2.75, 3.05) is 19.7 Å².